The molecule has 2 amide bonds. The van der Waals surface area contributed by atoms with Gasteiger partial charge in [0.1, 0.15) is 0 Å². The van der Waals surface area contributed by atoms with Crippen LogP contribution >= 0.6 is 15.9 Å². The van der Waals surface area contributed by atoms with E-state index in [1.807, 2.05) is 24.3 Å². The summed E-state index contributed by atoms with van der Waals surface area (Å²) in [4.78, 5) is 22.2. The van der Waals surface area contributed by atoms with Gasteiger partial charge in [-0.05, 0) is 17.7 Å². The Kier molecular flexibility index (Phi) is 6.21. The van der Waals surface area contributed by atoms with Gasteiger partial charge < -0.3 is 15.4 Å². The van der Waals surface area contributed by atoms with Crippen molar-refractivity contribution < 1.29 is 14.3 Å². The summed E-state index contributed by atoms with van der Waals surface area (Å²) < 4.78 is 5.42. The molecule has 0 spiro atoms. The lowest BCUT2D eigenvalue weighted by molar-refractivity contribution is -0.140. The predicted molar refractivity (Wildman–Crippen MR) is 71.0 cm³/mol. The van der Waals surface area contributed by atoms with E-state index in [4.69, 9.17) is 0 Å². The molecule has 0 aliphatic rings. The lowest BCUT2D eigenvalue weighted by atomic mass is 10.2. The number of nitrogens with one attached hydrogen (secondary N) is 2. The van der Waals surface area contributed by atoms with Crippen molar-refractivity contribution in [1.29, 1.82) is 0 Å². The molecule has 0 fully saturated rings. The van der Waals surface area contributed by atoms with E-state index in [0.29, 0.717) is 6.54 Å². The van der Waals surface area contributed by atoms with Crippen molar-refractivity contribution in [3.05, 3.63) is 34.3 Å². The number of hydrogen-bond donors (Lipinski definition) is 2. The maximum Gasteiger partial charge on any atom is 0.315 e. The highest BCUT2D eigenvalue weighted by atomic mass is 79.9. The Morgan fingerprint density at radius 3 is 2.78 bits per heavy atom. The summed E-state index contributed by atoms with van der Waals surface area (Å²) in [5.41, 5.74) is 0.993. The molecule has 6 heteroatoms. The third kappa shape index (κ3) is 5.67. The zero-order chi connectivity index (χ0) is 13.4. The fourth-order valence-corrected chi connectivity index (χ4v) is 1.72. The number of hydrogen-bond acceptors (Lipinski definition) is 3. The summed E-state index contributed by atoms with van der Waals surface area (Å²) in [5, 5.41) is 5.27. The Morgan fingerprint density at radius 1 is 1.33 bits per heavy atom. The van der Waals surface area contributed by atoms with Crippen LogP contribution in [0.15, 0.2) is 28.7 Å². The predicted octanol–water partition coefficient (Wildman–Crippen LogP) is 1.81. The fourth-order valence-electron chi connectivity index (χ4n) is 1.27. The summed E-state index contributed by atoms with van der Waals surface area (Å²) in [6, 6.07) is 7.35. The second-order valence-electron chi connectivity index (χ2n) is 3.57. The third-order valence-corrected chi connectivity index (χ3v) is 2.68. The van der Waals surface area contributed by atoms with Crippen molar-refractivity contribution in [2.75, 3.05) is 13.7 Å². The highest BCUT2D eigenvalue weighted by Gasteiger charge is 2.03. The van der Waals surface area contributed by atoms with Crippen LogP contribution in [0.25, 0.3) is 0 Å². The Balaban J connectivity index is 2.23. The normalized spacial score (nSPS) is 9.67. The van der Waals surface area contributed by atoms with Crippen LogP contribution in [0, 0.1) is 0 Å². The van der Waals surface area contributed by atoms with Crippen LogP contribution in [0.5, 0.6) is 0 Å². The zero-order valence-electron chi connectivity index (χ0n) is 10.0. The van der Waals surface area contributed by atoms with Crippen molar-refractivity contribution >= 4 is 27.9 Å². The highest BCUT2D eigenvalue weighted by Crippen LogP contribution is 2.11. The van der Waals surface area contributed by atoms with Crippen LogP contribution in [-0.2, 0) is 16.1 Å². The van der Waals surface area contributed by atoms with Crippen LogP contribution < -0.4 is 10.6 Å². The molecule has 18 heavy (non-hydrogen) atoms. The maximum atomic E-state index is 11.4. The second-order valence-corrected chi connectivity index (χ2v) is 4.48. The number of carbonyl (C=O) groups is 2. The molecule has 5 nitrogen and oxygen atoms in total. The average Bonchev–Trinajstić information content (AvgIpc) is 2.36. The minimum atomic E-state index is -0.345. The SMILES string of the molecule is COC(=O)CCNC(=O)NCc1cccc(Br)c1. The van der Waals surface area contributed by atoms with E-state index >= 15 is 0 Å². The van der Waals surface area contributed by atoms with Gasteiger partial charge in [-0.15, -0.1) is 0 Å². The van der Waals surface area contributed by atoms with Crippen molar-refractivity contribution in [2.24, 2.45) is 0 Å². The molecular formula is C12H15BrN2O3. The van der Waals surface area contributed by atoms with E-state index in [2.05, 4.69) is 31.3 Å². The molecular weight excluding hydrogens is 300 g/mol. The number of rotatable bonds is 5. The summed E-state index contributed by atoms with van der Waals surface area (Å²) in [6.45, 7) is 0.695. The van der Waals surface area contributed by atoms with Gasteiger partial charge in [-0.3, -0.25) is 4.79 Å². The topological polar surface area (TPSA) is 67.4 Å². The van der Waals surface area contributed by atoms with Crippen molar-refractivity contribution in [3.63, 3.8) is 0 Å². The van der Waals surface area contributed by atoms with Crippen LogP contribution in [0.2, 0.25) is 0 Å². The van der Waals surface area contributed by atoms with Crippen molar-refractivity contribution in [2.45, 2.75) is 13.0 Å². The van der Waals surface area contributed by atoms with E-state index in [1.54, 1.807) is 0 Å². The van der Waals surface area contributed by atoms with E-state index in [-0.39, 0.29) is 25.0 Å². The molecule has 1 aromatic carbocycles. The first-order valence-corrected chi connectivity index (χ1v) is 6.24. The number of benzene rings is 1. The van der Waals surface area contributed by atoms with Gasteiger partial charge in [-0.1, -0.05) is 28.1 Å². The van der Waals surface area contributed by atoms with Gasteiger partial charge in [0, 0.05) is 17.6 Å². The minimum absolute atomic E-state index is 0.167. The number of carbonyl (C=O) groups excluding carboxylic acids is 2. The molecule has 0 heterocycles. The molecule has 0 aromatic heterocycles. The number of ether oxygens (including phenoxy) is 1. The smallest absolute Gasteiger partial charge is 0.315 e. The number of amides is 2. The van der Waals surface area contributed by atoms with E-state index in [0.717, 1.165) is 10.0 Å². The Morgan fingerprint density at radius 2 is 2.11 bits per heavy atom. The van der Waals surface area contributed by atoms with Gasteiger partial charge in [0.25, 0.3) is 0 Å². The first kappa shape index (κ1) is 14.5. The summed E-state index contributed by atoms with van der Waals surface area (Å²) in [6.07, 6.45) is 0.167. The first-order valence-electron chi connectivity index (χ1n) is 5.45. The molecule has 98 valence electrons. The van der Waals surface area contributed by atoms with Gasteiger partial charge in [0.2, 0.25) is 0 Å². The molecule has 0 bridgehead atoms. The first-order chi connectivity index (χ1) is 8.61. The van der Waals surface area contributed by atoms with Gasteiger partial charge in [-0.2, -0.15) is 0 Å². The summed E-state index contributed by atoms with van der Waals surface area (Å²) >= 11 is 3.36. The Hall–Kier alpha value is -1.56. The molecule has 0 unspecified atom stereocenters. The van der Waals surface area contributed by atoms with Crippen LogP contribution in [-0.4, -0.2) is 25.7 Å². The molecule has 0 aliphatic carbocycles. The summed E-state index contributed by atoms with van der Waals surface area (Å²) in [7, 11) is 1.32. The summed E-state index contributed by atoms with van der Waals surface area (Å²) in [5.74, 6) is -0.345. The maximum absolute atomic E-state index is 11.4. The largest absolute Gasteiger partial charge is 0.469 e. The number of esters is 1. The molecule has 2 N–H and O–H groups in total. The molecule has 0 saturated heterocycles. The van der Waals surface area contributed by atoms with E-state index in [1.165, 1.54) is 7.11 Å². The molecule has 1 aromatic rings. The van der Waals surface area contributed by atoms with Gasteiger partial charge in [0.15, 0.2) is 0 Å². The quantitative estimate of drug-likeness (QED) is 0.815. The zero-order valence-corrected chi connectivity index (χ0v) is 11.6. The molecule has 0 atom stereocenters. The molecule has 0 aliphatic heterocycles. The van der Waals surface area contributed by atoms with Crippen LogP contribution in [0.4, 0.5) is 4.79 Å². The lowest BCUT2D eigenvalue weighted by Gasteiger charge is -2.07. The van der Waals surface area contributed by atoms with Gasteiger partial charge in [0.05, 0.1) is 13.5 Å². The average molecular weight is 315 g/mol. The second kappa shape index (κ2) is 7.71. The third-order valence-electron chi connectivity index (χ3n) is 2.18. The Labute approximate surface area is 114 Å². The van der Waals surface area contributed by atoms with Crippen LogP contribution in [0.3, 0.4) is 0 Å². The highest BCUT2D eigenvalue weighted by molar-refractivity contribution is 9.10. The van der Waals surface area contributed by atoms with Crippen LogP contribution in [0.1, 0.15) is 12.0 Å². The minimum Gasteiger partial charge on any atom is -0.469 e. The molecule has 1 rings (SSSR count). The number of methoxy groups -OCH3 is 1. The molecule has 0 radical (unpaired) electrons. The Bertz CT molecular complexity index is 424. The molecule has 0 saturated carbocycles. The lowest BCUT2D eigenvalue weighted by Crippen LogP contribution is -2.36. The van der Waals surface area contributed by atoms with Crippen molar-refractivity contribution in [3.8, 4) is 0 Å². The number of urea groups is 1. The van der Waals surface area contributed by atoms with E-state index < -0.39 is 0 Å². The van der Waals surface area contributed by atoms with E-state index in [9.17, 15) is 9.59 Å². The monoisotopic (exact) mass is 314 g/mol. The van der Waals surface area contributed by atoms with Crippen molar-refractivity contribution in [1.82, 2.24) is 10.6 Å². The fraction of sp³-hybridized carbons (Fsp3) is 0.333. The standard InChI is InChI=1S/C12H15BrN2O3/c1-18-11(16)5-6-14-12(17)15-8-9-3-2-4-10(13)7-9/h2-4,7H,5-6,8H2,1H3,(H2,14,15,17). The van der Waals surface area contributed by atoms with Gasteiger partial charge >= 0.3 is 12.0 Å². The number of halogens is 1. The van der Waals surface area contributed by atoms with Gasteiger partial charge in [-0.25, -0.2) is 4.79 Å².